The average Bonchev–Trinajstić information content (AvgIpc) is 2.52. The van der Waals surface area contributed by atoms with Gasteiger partial charge in [-0.15, -0.1) is 0 Å². The van der Waals surface area contributed by atoms with Crippen LogP contribution >= 0.6 is 0 Å². The molecule has 1 aliphatic heterocycles. The van der Waals surface area contributed by atoms with Crippen LogP contribution in [0.3, 0.4) is 0 Å². The number of likely N-dealkylation sites (tertiary alicyclic amines) is 1. The molecule has 0 aromatic rings. The summed E-state index contributed by atoms with van der Waals surface area (Å²) in [5, 5.41) is 0. The average molecular weight is 257 g/mol. The molecule has 6 heteroatoms. The first-order valence-corrected chi connectivity index (χ1v) is 5.81. The second-order valence-electron chi connectivity index (χ2n) is 5.36. The van der Waals surface area contributed by atoms with Crippen LogP contribution in [0.5, 0.6) is 0 Å². The Kier molecular flexibility index (Phi) is 3.98. The van der Waals surface area contributed by atoms with Crippen molar-refractivity contribution in [1.29, 1.82) is 0 Å². The molecule has 6 nitrogen and oxygen atoms in total. The van der Waals surface area contributed by atoms with Crippen molar-refractivity contribution in [2.45, 2.75) is 45.8 Å². The normalized spacial score (nSPS) is 24.1. The van der Waals surface area contributed by atoms with E-state index in [-0.39, 0.29) is 12.3 Å². The topological polar surface area (TPSA) is 72.9 Å². The van der Waals surface area contributed by atoms with Crippen molar-refractivity contribution >= 4 is 18.0 Å². The van der Waals surface area contributed by atoms with E-state index in [4.69, 9.17) is 4.74 Å². The van der Waals surface area contributed by atoms with Crippen LogP contribution in [0.1, 0.15) is 34.1 Å². The Morgan fingerprint density at radius 1 is 1.33 bits per heavy atom. The molecule has 1 fully saturated rings. The first-order valence-electron chi connectivity index (χ1n) is 5.81. The summed E-state index contributed by atoms with van der Waals surface area (Å²) in [6, 6.07) is -0.882. The molecule has 0 bridgehead atoms. The van der Waals surface area contributed by atoms with Crippen LogP contribution in [0.15, 0.2) is 0 Å². The number of hydrogen-bond acceptors (Lipinski definition) is 5. The van der Waals surface area contributed by atoms with E-state index in [9.17, 15) is 14.4 Å². The number of methoxy groups -OCH3 is 1. The monoisotopic (exact) mass is 257 g/mol. The number of carbonyl (C=O) groups excluding carboxylic acids is 3. The minimum Gasteiger partial charge on any atom is -0.467 e. The highest BCUT2D eigenvalue weighted by Crippen LogP contribution is 2.27. The molecule has 0 aliphatic carbocycles. The van der Waals surface area contributed by atoms with Gasteiger partial charge in [0.2, 0.25) is 5.91 Å². The SMILES string of the molecule is COC(=O)[C@H]1C[C@H](C)C(=O)N1C(=O)OC(C)(C)C. The lowest BCUT2D eigenvalue weighted by molar-refractivity contribution is -0.148. The third-order valence-corrected chi connectivity index (χ3v) is 2.61. The van der Waals surface area contributed by atoms with Crippen LogP contribution in [0.2, 0.25) is 0 Å². The van der Waals surface area contributed by atoms with Gasteiger partial charge in [-0.05, 0) is 27.2 Å². The molecular formula is C12H19NO5. The number of rotatable bonds is 1. The molecule has 1 saturated heterocycles. The van der Waals surface area contributed by atoms with Crippen molar-refractivity contribution in [3.63, 3.8) is 0 Å². The second-order valence-corrected chi connectivity index (χ2v) is 5.36. The van der Waals surface area contributed by atoms with Crippen LogP contribution in [0.25, 0.3) is 0 Å². The minimum absolute atomic E-state index is 0.269. The van der Waals surface area contributed by atoms with Gasteiger partial charge in [-0.2, -0.15) is 0 Å². The van der Waals surface area contributed by atoms with Crippen LogP contribution in [-0.4, -0.2) is 41.6 Å². The summed E-state index contributed by atoms with van der Waals surface area (Å²) in [7, 11) is 1.23. The van der Waals surface area contributed by atoms with Gasteiger partial charge in [0.05, 0.1) is 7.11 Å². The van der Waals surface area contributed by atoms with Gasteiger partial charge in [-0.25, -0.2) is 14.5 Å². The van der Waals surface area contributed by atoms with E-state index in [0.29, 0.717) is 0 Å². The third-order valence-electron chi connectivity index (χ3n) is 2.61. The van der Waals surface area contributed by atoms with Crippen molar-refractivity contribution in [2.75, 3.05) is 7.11 Å². The molecule has 1 aliphatic rings. The van der Waals surface area contributed by atoms with Crippen molar-refractivity contribution in [2.24, 2.45) is 5.92 Å². The van der Waals surface area contributed by atoms with Crippen LogP contribution < -0.4 is 0 Å². The van der Waals surface area contributed by atoms with Gasteiger partial charge in [-0.3, -0.25) is 4.79 Å². The van der Waals surface area contributed by atoms with Gasteiger partial charge in [-0.1, -0.05) is 6.92 Å². The molecule has 0 aromatic heterocycles. The Bertz CT molecular complexity index is 371. The lowest BCUT2D eigenvalue weighted by atomic mass is 10.1. The Hall–Kier alpha value is -1.59. The minimum atomic E-state index is -0.882. The van der Waals surface area contributed by atoms with E-state index in [1.54, 1.807) is 27.7 Å². The van der Waals surface area contributed by atoms with Gasteiger partial charge >= 0.3 is 12.1 Å². The Balaban J connectivity index is 2.91. The standard InChI is InChI=1S/C12H19NO5/c1-7-6-8(10(15)17-5)13(9(7)14)11(16)18-12(2,3)4/h7-8H,6H2,1-5H3/t7-,8+/m0/s1. The quantitative estimate of drug-likeness (QED) is 0.663. The molecule has 2 atom stereocenters. The Morgan fingerprint density at radius 2 is 1.89 bits per heavy atom. The number of amides is 2. The highest BCUT2D eigenvalue weighted by Gasteiger charge is 2.46. The van der Waals surface area contributed by atoms with Crippen LogP contribution in [0.4, 0.5) is 4.79 Å². The van der Waals surface area contributed by atoms with Gasteiger partial charge in [0.25, 0.3) is 0 Å². The molecule has 102 valence electrons. The lowest BCUT2D eigenvalue weighted by Gasteiger charge is -2.26. The Labute approximate surface area is 106 Å². The number of carbonyl (C=O) groups is 3. The maximum atomic E-state index is 11.9. The first-order chi connectivity index (χ1) is 8.17. The van der Waals surface area contributed by atoms with Crippen LogP contribution in [-0.2, 0) is 19.1 Å². The smallest absolute Gasteiger partial charge is 0.417 e. The highest BCUT2D eigenvalue weighted by molar-refractivity contribution is 6.00. The molecule has 2 amide bonds. The number of nitrogens with zero attached hydrogens (tertiary/aromatic N) is 1. The third kappa shape index (κ3) is 3.00. The van der Waals surface area contributed by atoms with E-state index in [0.717, 1.165) is 4.90 Å². The summed E-state index contributed by atoms with van der Waals surface area (Å²) >= 11 is 0. The van der Waals surface area contributed by atoms with Crippen molar-refractivity contribution < 1.29 is 23.9 Å². The zero-order valence-corrected chi connectivity index (χ0v) is 11.4. The summed E-state index contributed by atoms with van der Waals surface area (Å²) in [6.07, 6.45) is -0.530. The molecule has 0 unspecified atom stereocenters. The lowest BCUT2D eigenvalue weighted by Crippen LogP contribution is -2.46. The zero-order chi connectivity index (χ0) is 14.1. The number of hydrogen-bond donors (Lipinski definition) is 0. The molecule has 1 rings (SSSR count). The predicted molar refractivity (Wildman–Crippen MR) is 62.7 cm³/mol. The molecule has 18 heavy (non-hydrogen) atoms. The van der Waals surface area contributed by atoms with Crippen molar-refractivity contribution in [1.82, 2.24) is 4.90 Å². The fourth-order valence-electron chi connectivity index (χ4n) is 1.80. The summed E-state index contributed by atoms with van der Waals surface area (Å²) in [6.45, 7) is 6.76. The molecule has 0 spiro atoms. The van der Waals surface area contributed by atoms with E-state index >= 15 is 0 Å². The van der Waals surface area contributed by atoms with E-state index in [2.05, 4.69) is 4.74 Å². The number of imide groups is 1. The number of esters is 1. The largest absolute Gasteiger partial charge is 0.467 e. The Morgan fingerprint density at radius 3 is 2.33 bits per heavy atom. The summed E-state index contributed by atoms with van der Waals surface area (Å²) < 4.78 is 9.72. The van der Waals surface area contributed by atoms with Gasteiger partial charge < -0.3 is 9.47 Å². The van der Waals surface area contributed by atoms with E-state index in [1.807, 2.05) is 0 Å². The van der Waals surface area contributed by atoms with E-state index < -0.39 is 29.6 Å². The highest BCUT2D eigenvalue weighted by atomic mass is 16.6. The van der Waals surface area contributed by atoms with Gasteiger partial charge in [0, 0.05) is 5.92 Å². The zero-order valence-electron chi connectivity index (χ0n) is 11.4. The number of ether oxygens (including phenoxy) is 2. The molecular weight excluding hydrogens is 238 g/mol. The van der Waals surface area contributed by atoms with Gasteiger partial charge in [0.1, 0.15) is 11.6 Å². The fraction of sp³-hybridized carbons (Fsp3) is 0.750. The molecule has 0 aromatic carbocycles. The molecule has 0 saturated carbocycles. The van der Waals surface area contributed by atoms with Crippen LogP contribution in [0, 0.1) is 5.92 Å². The summed E-state index contributed by atoms with van der Waals surface area (Å²) in [4.78, 5) is 36.2. The first kappa shape index (κ1) is 14.5. The summed E-state index contributed by atoms with van der Waals surface area (Å²) in [5.74, 6) is -1.39. The van der Waals surface area contributed by atoms with E-state index in [1.165, 1.54) is 7.11 Å². The fourth-order valence-corrected chi connectivity index (χ4v) is 1.80. The van der Waals surface area contributed by atoms with Gasteiger partial charge in [0.15, 0.2) is 0 Å². The molecule has 1 heterocycles. The molecule has 0 N–H and O–H groups in total. The maximum Gasteiger partial charge on any atom is 0.417 e. The maximum absolute atomic E-state index is 11.9. The summed E-state index contributed by atoms with van der Waals surface area (Å²) in [5.41, 5.74) is -0.718. The second kappa shape index (κ2) is 4.96. The van der Waals surface area contributed by atoms with Crippen molar-refractivity contribution in [3.05, 3.63) is 0 Å². The van der Waals surface area contributed by atoms with Crippen molar-refractivity contribution in [3.8, 4) is 0 Å². The predicted octanol–water partition coefficient (Wildman–Crippen LogP) is 1.33. The molecule has 0 radical (unpaired) electrons.